The number of rotatable bonds is 12. The Morgan fingerprint density at radius 3 is 2.47 bits per heavy atom. The van der Waals surface area contributed by atoms with Crippen molar-refractivity contribution in [2.45, 2.75) is 82.8 Å². The Labute approximate surface area is 287 Å². The monoisotopic (exact) mass is 667 g/mol. The van der Waals surface area contributed by atoms with Gasteiger partial charge in [-0.3, -0.25) is 14.5 Å². The van der Waals surface area contributed by atoms with Crippen molar-refractivity contribution in [2.24, 2.45) is 5.92 Å². The summed E-state index contributed by atoms with van der Waals surface area (Å²) < 4.78 is 18.7. The van der Waals surface area contributed by atoms with Gasteiger partial charge in [0.05, 0.1) is 30.9 Å². The Morgan fingerprint density at radius 1 is 1.00 bits per heavy atom. The number of carbonyl (C=O) groups is 3. The largest absolute Gasteiger partial charge is 0.445 e. The van der Waals surface area contributed by atoms with E-state index in [-0.39, 0.29) is 37.8 Å². The molecule has 10 heteroatoms. The van der Waals surface area contributed by atoms with E-state index in [2.05, 4.69) is 23.7 Å². The molecule has 49 heavy (non-hydrogen) atoms. The highest BCUT2D eigenvalue weighted by Crippen LogP contribution is 2.43. The predicted molar refractivity (Wildman–Crippen MR) is 184 cm³/mol. The molecule has 6 rings (SSSR count). The van der Waals surface area contributed by atoms with Crippen LogP contribution < -0.4 is 10.2 Å². The summed E-state index contributed by atoms with van der Waals surface area (Å²) in [6.07, 6.45) is 4.49. The fourth-order valence-electron chi connectivity index (χ4n) is 7.10. The molecule has 0 radical (unpaired) electrons. The average molecular weight is 668 g/mol. The second kappa shape index (κ2) is 15.9. The van der Waals surface area contributed by atoms with Gasteiger partial charge in [-0.05, 0) is 41.7 Å². The van der Waals surface area contributed by atoms with Crippen LogP contribution in [0.5, 0.6) is 0 Å². The number of alkyl carbamates (subject to hydrolysis) is 1. The molecule has 5 atom stereocenters. The molecule has 3 aromatic rings. The third-order valence-electron chi connectivity index (χ3n) is 9.79. The van der Waals surface area contributed by atoms with E-state index in [1.807, 2.05) is 66.7 Å². The lowest BCUT2D eigenvalue weighted by molar-refractivity contribution is -0.276. The molecular weight excluding hydrogens is 622 g/mol. The SMILES string of the molecule is C=CCN(C[C@H]1O[C@@H](c2cccc(N3C(=O)CC(NC(=O)OCc4ccccc4)C3=O)c2)O[C@@H](c2ccc(CO)cc2)[C@H]1C)C1CCCC1. The molecule has 3 fully saturated rings. The number of carbonyl (C=O) groups excluding carboxylic acids is 3. The molecule has 258 valence electrons. The molecule has 3 amide bonds. The summed E-state index contributed by atoms with van der Waals surface area (Å²) in [6.45, 7) is 7.63. The molecule has 2 heterocycles. The number of aliphatic hydroxyl groups excluding tert-OH is 1. The van der Waals surface area contributed by atoms with Gasteiger partial charge in [0.2, 0.25) is 5.91 Å². The van der Waals surface area contributed by atoms with Crippen LogP contribution in [0.1, 0.15) is 73.7 Å². The summed E-state index contributed by atoms with van der Waals surface area (Å²) in [5.41, 5.74) is 3.65. The van der Waals surface area contributed by atoms with Gasteiger partial charge in [-0.15, -0.1) is 6.58 Å². The minimum atomic E-state index is -1.04. The molecule has 1 aliphatic carbocycles. The molecule has 1 saturated carbocycles. The predicted octanol–water partition coefficient (Wildman–Crippen LogP) is 5.96. The Morgan fingerprint density at radius 2 is 1.76 bits per heavy atom. The number of amides is 3. The minimum absolute atomic E-state index is 0.00310. The van der Waals surface area contributed by atoms with Gasteiger partial charge >= 0.3 is 6.09 Å². The quantitative estimate of drug-likeness (QED) is 0.180. The van der Waals surface area contributed by atoms with Crippen molar-refractivity contribution < 1.29 is 33.7 Å². The lowest BCUT2D eigenvalue weighted by atomic mass is 9.89. The van der Waals surface area contributed by atoms with Crippen LogP contribution in [0.3, 0.4) is 0 Å². The number of imide groups is 1. The maximum atomic E-state index is 13.4. The maximum Gasteiger partial charge on any atom is 0.408 e. The molecular formula is C39H45N3O7. The second-order valence-electron chi connectivity index (χ2n) is 13.1. The molecule has 2 aliphatic heterocycles. The van der Waals surface area contributed by atoms with E-state index >= 15 is 0 Å². The number of ether oxygens (including phenoxy) is 3. The number of hydrogen-bond acceptors (Lipinski definition) is 8. The molecule has 0 bridgehead atoms. The highest BCUT2D eigenvalue weighted by atomic mass is 16.7. The summed E-state index contributed by atoms with van der Waals surface area (Å²) in [5.74, 6) is -0.955. The van der Waals surface area contributed by atoms with Crippen molar-refractivity contribution in [1.82, 2.24) is 10.2 Å². The highest BCUT2D eigenvalue weighted by Gasteiger charge is 2.43. The fourth-order valence-corrected chi connectivity index (χ4v) is 7.10. The van der Waals surface area contributed by atoms with Crippen LogP contribution in [0.4, 0.5) is 10.5 Å². The number of anilines is 1. The van der Waals surface area contributed by atoms with Gasteiger partial charge < -0.3 is 24.6 Å². The first-order chi connectivity index (χ1) is 23.8. The molecule has 0 spiro atoms. The van der Waals surface area contributed by atoms with Crippen molar-refractivity contribution in [3.63, 3.8) is 0 Å². The number of nitrogens with one attached hydrogen (secondary N) is 1. The van der Waals surface area contributed by atoms with Crippen molar-refractivity contribution in [2.75, 3.05) is 18.0 Å². The van der Waals surface area contributed by atoms with Crippen molar-refractivity contribution in [1.29, 1.82) is 0 Å². The van der Waals surface area contributed by atoms with Crippen LogP contribution in [-0.2, 0) is 37.0 Å². The van der Waals surface area contributed by atoms with Crippen LogP contribution in [-0.4, -0.2) is 59.2 Å². The number of hydrogen-bond donors (Lipinski definition) is 2. The highest BCUT2D eigenvalue weighted by molar-refractivity contribution is 6.22. The Kier molecular flexibility index (Phi) is 11.2. The van der Waals surface area contributed by atoms with Gasteiger partial charge in [0, 0.05) is 30.6 Å². The third-order valence-corrected chi connectivity index (χ3v) is 9.79. The number of benzene rings is 3. The zero-order valence-corrected chi connectivity index (χ0v) is 27.9. The van der Waals surface area contributed by atoms with E-state index in [9.17, 15) is 19.5 Å². The topological polar surface area (TPSA) is 118 Å². The molecule has 10 nitrogen and oxygen atoms in total. The summed E-state index contributed by atoms with van der Waals surface area (Å²) in [5, 5.41) is 12.2. The van der Waals surface area contributed by atoms with E-state index in [4.69, 9.17) is 14.2 Å². The first-order valence-electron chi connectivity index (χ1n) is 17.1. The summed E-state index contributed by atoms with van der Waals surface area (Å²) in [4.78, 5) is 42.7. The Bertz CT molecular complexity index is 1610. The fraction of sp³-hybridized carbons (Fsp3) is 0.410. The van der Waals surface area contributed by atoms with Gasteiger partial charge in [0.15, 0.2) is 6.29 Å². The van der Waals surface area contributed by atoms with Gasteiger partial charge in [-0.1, -0.05) is 92.6 Å². The van der Waals surface area contributed by atoms with Crippen LogP contribution in [0.15, 0.2) is 91.5 Å². The Hall–Kier alpha value is -4.35. The van der Waals surface area contributed by atoms with E-state index in [1.165, 1.54) is 12.8 Å². The molecule has 2 N–H and O–H groups in total. The van der Waals surface area contributed by atoms with E-state index in [0.717, 1.165) is 41.0 Å². The van der Waals surface area contributed by atoms with E-state index in [0.29, 0.717) is 23.8 Å². The summed E-state index contributed by atoms with van der Waals surface area (Å²) in [6, 6.07) is 23.5. The standard InChI is InChI=1S/C39H45N3O7/c1-3-20-41(31-13-7-8-14-31)23-34-26(2)36(29-18-16-27(24-43)17-19-29)49-38(48-34)30-12-9-15-32(21-30)42-35(44)22-33(37(42)45)40-39(46)47-25-28-10-5-4-6-11-28/h3-6,9-12,15-19,21,26,31,33-34,36,38,43H,1,7-8,13-14,20,22-25H2,2H3,(H,40,46)/t26-,33?,34+,36+,38+/m0/s1. The van der Waals surface area contributed by atoms with Gasteiger partial charge in [0.1, 0.15) is 12.6 Å². The van der Waals surface area contributed by atoms with Crippen LogP contribution in [0, 0.1) is 5.92 Å². The zero-order chi connectivity index (χ0) is 34.3. The first-order valence-corrected chi connectivity index (χ1v) is 17.1. The zero-order valence-electron chi connectivity index (χ0n) is 27.9. The lowest BCUT2D eigenvalue weighted by Gasteiger charge is -2.43. The maximum absolute atomic E-state index is 13.4. The first kappa shape index (κ1) is 34.5. The van der Waals surface area contributed by atoms with Crippen molar-refractivity contribution in [3.05, 3.63) is 114 Å². The number of aliphatic hydroxyl groups is 1. The molecule has 0 aromatic heterocycles. The normalized spacial score (nSPS) is 24.4. The average Bonchev–Trinajstić information content (AvgIpc) is 3.76. The molecule has 3 aromatic carbocycles. The van der Waals surface area contributed by atoms with Crippen molar-refractivity contribution in [3.8, 4) is 0 Å². The molecule has 3 aliphatic rings. The van der Waals surface area contributed by atoms with Crippen molar-refractivity contribution >= 4 is 23.6 Å². The minimum Gasteiger partial charge on any atom is -0.445 e. The smallest absolute Gasteiger partial charge is 0.408 e. The molecule has 1 unspecified atom stereocenters. The molecule has 2 saturated heterocycles. The van der Waals surface area contributed by atoms with Crippen LogP contribution in [0.2, 0.25) is 0 Å². The van der Waals surface area contributed by atoms with Gasteiger partial charge in [-0.2, -0.15) is 0 Å². The summed E-state index contributed by atoms with van der Waals surface area (Å²) in [7, 11) is 0. The van der Waals surface area contributed by atoms with Crippen LogP contribution >= 0.6 is 0 Å². The van der Waals surface area contributed by atoms with E-state index < -0.39 is 30.2 Å². The lowest BCUT2D eigenvalue weighted by Crippen LogP contribution is -2.47. The second-order valence-corrected chi connectivity index (χ2v) is 13.1. The van der Waals surface area contributed by atoms with Crippen LogP contribution in [0.25, 0.3) is 0 Å². The Balaban J connectivity index is 1.20. The van der Waals surface area contributed by atoms with Gasteiger partial charge in [0.25, 0.3) is 5.91 Å². The summed E-state index contributed by atoms with van der Waals surface area (Å²) >= 11 is 0. The third kappa shape index (κ3) is 8.11. The van der Waals surface area contributed by atoms with Gasteiger partial charge in [-0.25, -0.2) is 9.69 Å². The van der Waals surface area contributed by atoms with E-state index in [1.54, 1.807) is 18.2 Å². The number of nitrogens with zero attached hydrogens (tertiary/aromatic N) is 2.